The minimum Gasteiger partial charge on any atom is -0.384 e. The molecule has 1 N–H and O–H groups in total. The monoisotopic (exact) mass is 294 g/mol. The summed E-state index contributed by atoms with van der Waals surface area (Å²) in [4.78, 5) is 3.86. The lowest BCUT2D eigenvalue weighted by Crippen LogP contribution is -2.28. The van der Waals surface area contributed by atoms with Crippen molar-refractivity contribution in [2.45, 2.75) is 13.5 Å². The molecule has 1 aromatic heterocycles. The standard InChI is InChI=1S/C15H19ClN2S/c1-2-18(12-15-4-3-11-19-15)10-9-17-14-7-5-13(16)6-8-14/h3-8,11,17H,2,9-10,12H2,1H3. The summed E-state index contributed by atoms with van der Waals surface area (Å²) in [6.07, 6.45) is 0. The van der Waals surface area contributed by atoms with E-state index in [0.29, 0.717) is 0 Å². The number of likely N-dealkylation sites (N-methyl/N-ethyl adjacent to an activating group) is 1. The van der Waals surface area contributed by atoms with E-state index in [1.54, 1.807) is 0 Å². The fourth-order valence-corrected chi connectivity index (χ4v) is 2.77. The second-order valence-electron chi connectivity index (χ2n) is 4.38. The highest BCUT2D eigenvalue weighted by Crippen LogP contribution is 2.14. The smallest absolute Gasteiger partial charge is 0.0407 e. The van der Waals surface area contributed by atoms with Crippen molar-refractivity contribution < 1.29 is 0 Å². The van der Waals surface area contributed by atoms with Crippen LogP contribution in [0.5, 0.6) is 0 Å². The topological polar surface area (TPSA) is 15.3 Å². The van der Waals surface area contributed by atoms with Crippen molar-refractivity contribution in [2.75, 3.05) is 25.0 Å². The normalized spacial score (nSPS) is 10.9. The number of thiophene rings is 1. The minimum atomic E-state index is 0.776. The Kier molecular flexibility index (Phi) is 5.70. The molecule has 0 spiro atoms. The lowest BCUT2D eigenvalue weighted by atomic mass is 10.3. The summed E-state index contributed by atoms with van der Waals surface area (Å²) in [6.45, 7) is 6.30. The van der Waals surface area contributed by atoms with Crippen molar-refractivity contribution in [2.24, 2.45) is 0 Å². The largest absolute Gasteiger partial charge is 0.384 e. The molecule has 2 aromatic rings. The van der Waals surface area contributed by atoms with Gasteiger partial charge in [0.2, 0.25) is 0 Å². The van der Waals surface area contributed by atoms with Gasteiger partial charge in [0.25, 0.3) is 0 Å². The molecule has 0 saturated heterocycles. The maximum atomic E-state index is 5.86. The van der Waals surface area contributed by atoms with Crippen LogP contribution in [0.4, 0.5) is 5.69 Å². The van der Waals surface area contributed by atoms with Crippen molar-refractivity contribution in [3.63, 3.8) is 0 Å². The summed E-state index contributed by atoms with van der Waals surface area (Å²) < 4.78 is 0. The molecule has 0 bridgehead atoms. The van der Waals surface area contributed by atoms with Gasteiger partial charge in [-0.2, -0.15) is 0 Å². The first-order valence-corrected chi connectivity index (χ1v) is 7.78. The number of rotatable bonds is 7. The van der Waals surface area contributed by atoms with Crippen molar-refractivity contribution in [1.82, 2.24) is 4.90 Å². The van der Waals surface area contributed by atoms with Crippen LogP contribution >= 0.6 is 22.9 Å². The SMILES string of the molecule is CCN(CCNc1ccc(Cl)cc1)Cc1cccs1. The second-order valence-corrected chi connectivity index (χ2v) is 5.85. The van der Waals surface area contributed by atoms with Gasteiger partial charge >= 0.3 is 0 Å². The molecule has 0 aliphatic heterocycles. The molecule has 1 aromatic carbocycles. The number of halogens is 1. The van der Waals surface area contributed by atoms with Crippen LogP contribution in [-0.4, -0.2) is 24.5 Å². The van der Waals surface area contributed by atoms with E-state index in [9.17, 15) is 0 Å². The van der Waals surface area contributed by atoms with Crippen molar-refractivity contribution in [3.8, 4) is 0 Å². The average Bonchev–Trinajstić information content (AvgIpc) is 2.93. The lowest BCUT2D eigenvalue weighted by molar-refractivity contribution is 0.294. The van der Waals surface area contributed by atoms with E-state index >= 15 is 0 Å². The van der Waals surface area contributed by atoms with Gasteiger partial charge in [0.1, 0.15) is 0 Å². The molecule has 4 heteroatoms. The molecule has 19 heavy (non-hydrogen) atoms. The summed E-state index contributed by atoms with van der Waals surface area (Å²) in [5.74, 6) is 0. The molecule has 0 unspecified atom stereocenters. The van der Waals surface area contributed by atoms with Crippen molar-refractivity contribution >= 4 is 28.6 Å². The lowest BCUT2D eigenvalue weighted by Gasteiger charge is -2.20. The Morgan fingerprint density at radius 3 is 2.63 bits per heavy atom. The predicted molar refractivity (Wildman–Crippen MR) is 85.2 cm³/mol. The highest BCUT2D eigenvalue weighted by Gasteiger charge is 2.04. The molecule has 2 rings (SSSR count). The number of benzene rings is 1. The number of nitrogens with one attached hydrogen (secondary N) is 1. The summed E-state index contributed by atoms with van der Waals surface area (Å²) in [6, 6.07) is 12.1. The molecule has 0 radical (unpaired) electrons. The van der Waals surface area contributed by atoms with Gasteiger partial charge in [-0.1, -0.05) is 24.6 Å². The van der Waals surface area contributed by atoms with Crippen LogP contribution in [0.2, 0.25) is 5.02 Å². The van der Waals surface area contributed by atoms with E-state index in [0.717, 1.165) is 36.9 Å². The van der Waals surface area contributed by atoms with Gasteiger partial charge in [0.05, 0.1) is 0 Å². The van der Waals surface area contributed by atoms with Gasteiger partial charge in [0.15, 0.2) is 0 Å². The molecule has 0 atom stereocenters. The quantitative estimate of drug-likeness (QED) is 0.817. The van der Waals surface area contributed by atoms with E-state index in [4.69, 9.17) is 11.6 Å². The fourth-order valence-electron chi connectivity index (χ4n) is 1.90. The maximum absolute atomic E-state index is 5.86. The zero-order valence-electron chi connectivity index (χ0n) is 11.1. The average molecular weight is 295 g/mol. The van der Waals surface area contributed by atoms with Crippen LogP contribution in [0.15, 0.2) is 41.8 Å². The fraction of sp³-hybridized carbons (Fsp3) is 0.333. The van der Waals surface area contributed by atoms with Crippen molar-refractivity contribution in [1.29, 1.82) is 0 Å². The van der Waals surface area contributed by atoms with Crippen LogP contribution in [0.1, 0.15) is 11.8 Å². The number of hydrogen-bond acceptors (Lipinski definition) is 3. The molecule has 0 amide bonds. The maximum Gasteiger partial charge on any atom is 0.0407 e. The van der Waals surface area contributed by atoms with Gasteiger partial charge in [0, 0.05) is 35.2 Å². The molecule has 0 fully saturated rings. The molecule has 0 aliphatic carbocycles. The first-order chi connectivity index (χ1) is 9.28. The highest BCUT2D eigenvalue weighted by molar-refractivity contribution is 7.09. The molecular formula is C15H19ClN2S. The van der Waals surface area contributed by atoms with E-state index in [-0.39, 0.29) is 0 Å². The summed E-state index contributed by atoms with van der Waals surface area (Å²) in [7, 11) is 0. The summed E-state index contributed by atoms with van der Waals surface area (Å²) >= 11 is 7.68. The van der Waals surface area contributed by atoms with E-state index in [1.165, 1.54) is 4.88 Å². The Hall–Kier alpha value is -1.03. The second kappa shape index (κ2) is 7.53. The van der Waals surface area contributed by atoms with Crippen LogP contribution in [0, 0.1) is 0 Å². The molecule has 0 saturated carbocycles. The predicted octanol–water partition coefficient (Wildman–Crippen LogP) is 4.34. The van der Waals surface area contributed by atoms with Gasteiger partial charge in [-0.25, -0.2) is 0 Å². The summed E-state index contributed by atoms with van der Waals surface area (Å²) in [5.41, 5.74) is 1.12. The van der Waals surface area contributed by atoms with Crippen molar-refractivity contribution in [3.05, 3.63) is 51.7 Å². The number of anilines is 1. The Morgan fingerprint density at radius 2 is 2.00 bits per heavy atom. The molecule has 1 heterocycles. The van der Waals surface area contributed by atoms with E-state index in [1.807, 2.05) is 35.6 Å². The first-order valence-electron chi connectivity index (χ1n) is 6.52. The molecular weight excluding hydrogens is 276 g/mol. The van der Waals surface area contributed by atoms with Gasteiger partial charge in [-0.3, -0.25) is 4.90 Å². The zero-order chi connectivity index (χ0) is 13.5. The van der Waals surface area contributed by atoms with Crippen LogP contribution in [0.3, 0.4) is 0 Å². The van der Waals surface area contributed by atoms with E-state index in [2.05, 4.69) is 34.7 Å². The third-order valence-corrected chi connectivity index (χ3v) is 4.12. The Morgan fingerprint density at radius 1 is 1.21 bits per heavy atom. The third-order valence-electron chi connectivity index (χ3n) is 3.01. The van der Waals surface area contributed by atoms with Gasteiger partial charge in [-0.05, 0) is 42.3 Å². The molecule has 0 aliphatic rings. The Balaban J connectivity index is 1.75. The Bertz CT molecular complexity index is 467. The minimum absolute atomic E-state index is 0.776. The Labute approximate surface area is 124 Å². The van der Waals surface area contributed by atoms with Crippen LogP contribution in [0.25, 0.3) is 0 Å². The highest BCUT2D eigenvalue weighted by atomic mass is 35.5. The first kappa shape index (κ1) is 14.4. The molecule has 102 valence electrons. The van der Waals surface area contributed by atoms with Crippen LogP contribution < -0.4 is 5.32 Å². The van der Waals surface area contributed by atoms with Crippen LogP contribution in [-0.2, 0) is 6.54 Å². The number of nitrogens with zero attached hydrogens (tertiary/aromatic N) is 1. The summed E-state index contributed by atoms with van der Waals surface area (Å²) in [5, 5.41) is 6.33. The van der Waals surface area contributed by atoms with Gasteiger partial charge in [-0.15, -0.1) is 11.3 Å². The van der Waals surface area contributed by atoms with E-state index < -0.39 is 0 Å². The molecule has 2 nitrogen and oxygen atoms in total. The van der Waals surface area contributed by atoms with Gasteiger partial charge < -0.3 is 5.32 Å². The zero-order valence-corrected chi connectivity index (χ0v) is 12.7. The number of hydrogen-bond donors (Lipinski definition) is 1. The third kappa shape index (κ3) is 4.86.